The average Bonchev–Trinajstić information content (AvgIpc) is 3.17. The van der Waals surface area contributed by atoms with Gasteiger partial charge in [0.15, 0.2) is 0 Å². The van der Waals surface area contributed by atoms with Gasteiger partial charge in [0.05, 0.1) is 34.9 Å². The molecule has 0 saturated carbocycles. The summed E-state index contributed by atoms with van der Waals surface area (Å²) >= 11 is 0.750. The molecule has 0 spiro atoms. The predicted octanol–water partition coefficient (Wildman–Crippen LogP) is 4.19. The highest BCUT2D eigenvalue weighted by Crippen LogP contribution is 2.44. The Kier molecular flexibility index (Phi) is 5.74. The predicted molar refractivity (Wildman–Crippen MR) is 129 cm³/mol. The fourth-order valence-electron chi connectivity index (χ4n) is 5.61. The third kappa shape index (κ3) is 3.21. The Balaban J connectivity index is 0.000000764. The van der Waals surface area contributed by atoms with Crippen molar-refractivity contribution >= 4 is 28.9 Å². The van der Waals surface area contributed by atoms with E-state index in [0.29, 0.717) is 47.4 Å². The smallest absolute Gasteiger partial charge is 0.313 e. The number of ether oxygens (including phenoxy) is 1. The maximum Gasteiger partial charge on any atom is 0.313 e. The molecule has 0 fully saturated rings. The minimum atomic E-state index is -0.459. The Bertz CT molecular complexity index is 1420. The maximum absolute atomic E-state index is 14.6. The van der Waals surface area contributed by atoms with Crippen LogP contribution in [0.4, 0.5) is 4.39 Å². The van der Waals surface area contributed by atoms with Crippen molar-refractivity contribution in [3.63, 3.8) is 0 Å². The van der Waals surface area contributed by atoms with E-state index in [1.165, 1.54) is 6.07 Å². The van der Waals surface area contributed by atoms with Crippen LogP contribution in [-0.2, 0) is 29.1 Å². The van der Waals surface area contributed by atoms with E-state index in [4.69, 9.17) is 20.0 Å². The molecule has 2 atom stereocenters. The number of hydrogen-bond donors (Lipinski definition) is 2. The molecule has 2 aromatic heterocycles. The molecule has 2 unspecified atom stereocenters. The number of aromatic nitrogens is 2. The summed E-state index contributed by atoms with van der Waals surface area (Å²) in [7, 11) is 0. The van der Waals surface area contributed by atoms with Gasteiger partial charge in [0.1, 0.15) is 12.4 Å². The molecule has 9 heteroatoms. The summed E-state index contributed by atoms with van der Waals surface area (Å²) < 4.78 is 29.1. The van der Waals surface area contributed by atoms with Crippen LogP contribution in [0.2, 0.25) is 0 Å². The summed E-state index contributed by atoms with van der Waals surface area (Å²) in [6, 6.07) is 3.19. The topological polar surface area (TPSA) is 107 Å². The second-order valence-corrected chi connectivity index (χ2v) is 9.32. The molecule has 3 aliphatic rings. The van der Waals surface area contributed by atoms with Crippen LogP contribution in [0.1, 0.15) is 65.1 Å². The quantitative estimate of drug-likeness (QED) is 0.309. The molecular weight excluding hydrogens is 457 g/mol. The molecule has 3 N–H and O–H groups in total. The van der Waals surface area contributed by atoms with Gasteiger partial charge in [-0.25, -0.2) is 9.37 Å². The number of fused-ring (bicyclic) bond motifs is 5. The first-order chi connectivity index (χ1) is 16.3. The summed E-state index contributed by atoms with van der Waals surface area (Å²) in [5.74, 6) is -1.03. The van der Waals surface area contributed by atoms with Gasteiger partial charge in [-0.05, 0) is 66.5 Å². The van der Waals surface area contributed by atoms with Crippen molar-refractivity contribution < 1.29 is 18.5 Å². The van der Waals surface area contributed by atoms with Crippen LogP contribution < -0.4 is 11.3 Å². The Morgan fingerprint density at radius 1 is 1.29 bits per heavy atom. The summed E-state index contributed by atoms with van der Waals surface area (Å²) in [5, 5.41) is 0.937. The van der Waals surface area contributed by atoms with Crippen molar-refractivity contribution in [1.29, 1.82) is 0 Å². The number of halogens is 1. The van der Waals surface area contributed by atoms with E-state index in [-0.39, 0.29) is 30.0 Å². The third-order valence-corrected chi connectivity index (χ3v) is 7.24. The zero-order valence-corrected chi connectivity index (χ0v) is 20.1. The normalized spacial score (nSPS) is 19.6. The second-order valence-electron chi connectivity index (χ2n) is 8.96. The van der Waals surface area contributed by atoms with Crippen LogP contribution in [0.25, 0.3) is 22.3 Å². The van der Waals surface area contributed by atoms with E-state index in [2.05, 4.69) is 0 Å². The molecule has 0 amide bonds. The largest absolute Gasteiger partial charge is 0.460 e. The highest BCUT2D eigenvalue weighted by molar-refractivity contribution is 7.93. The van der Waals surface area contributed by atoms with Gasteiger partial charge < -0.3 is 19.6 Å². The lowest BCUT2D eigenvalue weighted by Gasteiger charge is -2.26. The molecule has 7 nitrogen and oxygen atoms in total. The summed E-state index contributed by atoms with van der Waals surface area (Å²) in [6.07, 6.45) is 3.59. The van der Waals surface area contributed by atoms with Gasteiger partial charge in [-0.2, -0.15) is 0 Å². The van der Waals surface area contributed by atoms with Crippen molar-refractivity contribution in [3.05, 3.63) is 61.7 Å². The number of pyridine rings is 2. The number of hydrogen-bond acceptors (Lipinski definition) is 7. The molecule has 0 radical (unpaired) electrons. The van der Waals surface area contributed by atoms with Crippen LogP contribution in [-0.4, -0.2) is 26.3 Å². The van der Waals surface area contributed by atoms with Crippen molar-refractivity contribution in [2.45, 2.75) is 58.2 Å². The molecule has 2 aliphatic heterocycles. The molecule has 4 heterocycles. The van der Waals surface area contributed by atoms with E-state index >= 15 is 0 Å². The molecule has 0 saturated heterocycles. The van der Waals surface area contributed by atoms with Crippen LogP contribution in [0, 0.1) is 12.7 Å². The van der Waals surface area contributed by atoms with E-state index in [0.717, 1.165) is 46.1 Å². The molecule has 178 valence electrons. The first kappa shape index (κ1) is 23.0. The van der Waals surface area contributed by atoms with Crippen molar-refractivity contribution in [2.75, 3.05) is 6.26 Å². The number of rotatable bonds is 1. The molecule has 34 heavy (non-hydrogen) atoms. The van der Waals surface area contributed by atoms with E-state index in [1.54, 1.807) is 17.7 Å². The Morgan fingerprint density at radius 2 is 2.03 bits per heavy atom. The van der Waals surface area contributed by atoms with Gasteiger partial charge in [0, 0.05) is 29.3 Å². The zero-order valence-electron chi connectivity index (χ0n) is 19.3. The van der Waals surface area contributed by atoms with Crippen molar-refractivity contribution in [1.82, 2.24) is 9.55 Å². The Labute approximate surface area is 200 Å². The maximum atomic E-state index is 14.6. The fourth-order valence-corrected chi connectivity index (χ4v) is 5.61. The number of benzene rings is 1. The average molecular weight is 484 g/mol. The van der Waals surface area contributed by atoms with Gasteiger partial charge in [0.25, 0.3) is 5.56 Å². The van der Waals surface area contributed by atoms with Crippen LogP contribution in [0.5, 0.6) is 0 Å². The zero-order chi connectivity index (χ0) is 24.3. The fraction of sp³-hybridized carbons (Fsp3) is 0.400. The number of carbonyl (C=O) groups is 1. The molecular formula is C25H26FN3O4S. The number of carbonyl (C=O) groups excluding carboxylic acids is 1. The summed E-state index contributed by atoms with van der Waals surface area (Å²) in [4.78, 5) is 30.5. The number of nitrogens with zero attached hydrogens (tertiary/aromatic N) is 2. The number of cyclic esters (lactones) is 1. The minimum Gasteiger partial charge on any atom is -0.460 e. The first-order valence-electron chi connectivity index (χ1n) is 11.3. The minimum absolute atomic E-state index is 0.00352. The number of esters is 1. The van der Waals surface area contributed by atoms with Crippen LogP contribution >= 0.6 is 12.0 Å². The highest BCUT2D eigenvalue weighted by atomic mass is 32.2. The van der Waals surface area contributed by atoms with Crippen LogP contribution in [0.3, 0.4) is 0 Å². The van der Waals surface area contributed by atoms with E-state index in [9.17, 15) is 14.0 Å². The second kappa shape index (κ2) is 8.48. The molecule has 0 bridgehead atoms. The van der Waals surface area contributed by atoms with Crippen LogP contribution in [0.15, 0.2) is 16.9 Å². The standard InChI is InChI=1S/C24H22FN3O3.CH4OS/c1-3-11-13-6-19-22-14(8-28(19)23(29)15(13)9-31-24(11)30)20-17(26)5-4-12-10(2)16(25)7-18(27-22)21(12)20;1-3-2/h6-7,11,17H,3-5,8-9,26H2,1-2H3;2H,1H3. The molecule has 1 aliphatic carbocycles. The van der Waals surface area contributed by atoms with E-state index < -0.39 is 5.92 Å². The summed E-state index contributed by atoms with van der Waals surface area (Å²) in [6.45, 7) is 4.08. The number of aryl methyl sites for hydroxylation is 1. The SMILES string of the molecule is CCC1C(=O)OCc2c1cc1n(c2=O)Cc2c-1nc1cc(F)c(C)c3c1c2C(N)CC3.CSO. The first-order valence-corrected chi connectivity index (χ1v) is 12.5. The van der Waals surface area contributed by atoms with Crippen molar-refractivity contribution in [2.24, 2.45) is 5.73 Å². The Morgan fingerprint density at radius 3 is 2.74 bits per heavy atom. The third-order valence-electron chi connectivity index (χ3n) is 7.24. The monoisotopic (exact) mass is 483 g/mol. The lowest BCUT2D eigenvalue weighted by atomic mass is 9.82. The van der Waals surface area contributed by atoms with E-state index in [1.807, 2.05) is 13.0 Å². The van der Waals surface area contributed by atoms with Gasteiger partial charge >= 0.3 is 5.97 Å². The highest BCUT2D eigenvalue weighted by Gasteiger charge is 2.36. The summed E-state index contributed by atoms with van der Waals surface area (Å²) in [5.41, 5.74) is 13.1. The lowest BCUT2D eigenvalue weighted by molar-refractivity contribution is -0.148. The molecule has 3 aromatic rings. The van der Waals surface area contributed by atoms with Gasteiger partial charge in [-0.15, -0.1) is 0 Å². The molecule has 1 aromatic carbocycles. The van der Waals surface area contributed by atoms with Gasteiger partial charge in [-0.1, -0.05) is 6.92 Å². The number of nitrogens with two attached hydrogens (primary N) is 1. The molecule has 6 rings (SSSR count). The van der Waals surface area contributed by atoms with Gasteiger partial charge in [0.2, 0.25) is 0 Å². The van der Waals surface area contributed by atoms with Crippen molar-refractivity contribution in [3.8, 4) is 11.4 Å². The van der Waals surface area contributed by atoms with Gasteiger partial charge in [-0.3, -0.25) is 9.59 Å². The Hall–Kier alpha value is -2.75. The lowest BCUT2D eigenvalue weighted by Crippen LogP contribution is -2.32.